The van der Waals surface area contributed by atoms with Crippen molar-refractivity contribution in [3.05, 3.63) is 35.4 Å². The fourth-order valence-electron chi connectivity index (χ4n) is 2.83. The van der Waals surface area contributed by atoms with Crippen LogP contribution in [0, 0.1) is 11.6 Å². The largest absolute Gasteiger partial charge is 0.311 e. The van der Waals surface area contributed by atoms with Crippen molar-refractivity contribution in [3.63, 3.8) is 0 Å². The summed E-state index contributed by atoms with van der Waals surface area (Å²) < 4.78 is 26.6. The van der Waals surface area contributed by atoms with Crippen LogP contribution in [0.3, 0.4) is 0 Å². The molecule has 1 aliphatic heterocycles. The molecule has 1 fully saturated rings. The van der Waals surface area contributed by atoms with E-state index >= 15 is 0 Å². The molecule has 1 aromatic carbocycles. The van der Waals surface area contributed by atoms with Crippen molar-refractivity contribution in [1.82, 2.24) is 10.2 Å². The minimum atomic E-state index is -0.502. The minimum Gasteiger partial charge on any atom is -0.311 e. The molecule has 1 heterocycles. The van der Waals surface area contributed by atoms with Gasteiger partial charge in [-0.25, -0.2) is 8.78 Å². The highest BCUT2D eigenvalue weighted by atomic mass is 19.1. The van der Waals surface area contributed by atoms with Crippen molar-refractivity contribution in [2.75, 3.05) is 13.1 Å². The minimum absolute atomic E-state index is 0.00691. The lowest BCUT2D eigenvalue weighted by molar-refractivity contribution is 0.0562. The lowest BCUT2D eigenvalue weighted by atomic mass is 9.95. The molecule has 0 aliphatic carbocycles. The maximum Gasteiger partial charge on any atom is 0.126 e. The number of halogens is 2. The number of hydrogen-bond acceptors (Lipinski definition) is 2. The Morgan fingerprint density at radius 2 is 1.90 bits per heavy atom. The van der Waals surface area contributed by atoms with Crippen LogP contribution in [0.25, 0.3) is 0 Å². The molecule has 0 saturated carbocycles. The van der Waals surface area contributed by atoms with Gasteiger partial charge in [0.2, 0.25) is 0 Å². The summed E-state index contributed by atoms with van der Waals surface area (Å²) in [4.78, 5) is 2.32. The first-order chi connectivity index (χ1) is 9.40. The van der Waals surface area contributed by atoms with Crippen LogP contribution in [0.4, 0.5) is 8.78 Å². The van der Waals surface area contributed by atoms with E-state index in [9.17, 15) is 8.78 Å². The van der Waals surface area contributed by atoms with E-state index in [1.165, 1.54) is 12.1 Å². The van der Waals surface area contributed by atoms with Gasteiger partial charge in [-0.2, -0.15) is 0 Å². The van der Waals surface area contributed by atoms with E-state index in [0.717, 1.165) is 32.0 Å². The van der Waals surface area contributed by atoms with Gasteiger partial charge in [0.05, 0.1) is 0 Å². The molecule has 0 radical (unpaired) electrons. The van der Waals surface area contributed by atoms with Gasteiger partial charge in [-0.15, -0.1) is 0 Å². The Labute approximate surface area is 120 Å². The highest BCUT2D eigenvalue weighted by Gasteiger charge is 2.33. The fourth-order valence-corrected chi connectivity index (χ4v) is 2.83. The van der Waals surface area contributed by atoms with Gasteiger partial charge in [0.15, 0.2) is 0 Å². The molecule has 0 amide bonds. The van der Waals surface area contributed by atoms with Crippen molar-refractivity contribution in [3.8, 4) is 0 Å². The molecule has 1 N–H and O–H groups in total. The Bertz CT molecular complexity index is 440. The molecular formula is C16H24F2N2. The molecule has 4 heteroatoms. The zero-order valence-corrected chi connectivity index (χ0v) is 12.5. The SMILES string of the molecule is CCCC1CN(Cc2cc(F)cc(F)c2)C(C)(C)CN1. The van der Waals surface area contributed by atoms with Gasteiger partial charge in [0.25, 0.3) is 0 Å². The zero-order chi connectivity index (χ0) is 14.8. The molecule has 1 aromatic rings. The third kappa shape index (κ3) is 3.76. The standard InChI is InChI=1S/C16H24F2N2/c1-4-5-15-10-20(16(2,3)11-19-15)9-12-6-13(17)8-14(18)7-12/h6-8,15,19H,4-5,9-11H2,1-3H3. The maximum atomic E-state index is 13.3. The summed E-state index contributed by atoms with van der Waals surface area (Å²) >= 11 is 0. The molecule has 20 heavy (non-hydrogen) atoms. The summed E-state index contributed by atoms with van der Waals surface area (Å²) in [7, 11) is 0. The van der Waals surface area contributed by atoms with E-state index < -0.39 is 11.6 Å². The van der Waals surface area contributed by atoms with Gasteiger partial charge in [0, 0.05) is 37.3 Å². The van der Waals surface area contributed by atoms with E-state index in [4.69, 9.17) is 0 Å². The summed E-state index contributed by atoms with van der Waals surface area (Å²) in [6, 6.07) is 4.24. The van der Waals surface area contributed by atoms with Gasteiger partial charge in [-0.3, -0.25) is 4.90 Å². The Morgan fingerprint density at radius 1 is 1.25 bits per heavy atom. The summed E-state index contributed by atoms with van der Waals surface area (Å²) in [6.07, 6.45) is 2.27. The van der Waals surface area contributed by atoms with Gasteiger partial charge in [-0.05, 0) is 38.0 Å². The molecule has 1 aliphatic rings. The lowest BCUT2D eigenvalue weighted by Gasteiger charge is -2.46. The zero-order valence-electron chi connectivity index (χ0n) is 12.5. The number of nitrogens with one attached hydrogen (secondary N) is 1. The van der Waals surface area contributed by atoms with Crippen molar-refractivity contribution in [2.24, 2.45) is 0 Å². The Morgan fingerprint density at radius 3 is 2.50 bits per heavy atom. The number of piperazine rings is 1. The molecule has 1 unspecified atom stereocenters. The Kier molecular flexibility index (Phi) is 4.76. The van der Waals surface area contributed by atoms with Crippen molar-refractivity contribution in [1.29, 1.82) is 0 Å². The fraction of sp³-hybridized carbons (Fsp3) is 0.625. The van der Waals surface area contributed by atoms with Gasteiger partial charge >= 0.3 is 0 Å². The molecule has 112 valence electrons. The number of hydrogen-bond donors (Lipinski definition) is 1. The van der Waals surface area contributed by atoms with Gasteiger partial charge in [0.1, 0.15) is 11.6 Å². The van der Waals surface area contributed by atoms with E-state index in [0.29, 0.717) is 18.2 Å². The molecule has 0 spiro atoms. The average Bonchev–Trinajstić information content (AvgIpc) is 2.33. The first kappa shape index (κ1) is 15.4. The number of rotatable bonds is 4. The third-order valence-corrected chi connectivity index (χ3v) is 4.05. The molecule has 2 rings (SSSR count). The Hall–Kier alpha value is -1.00. The van der Waals surface area contributed by atoms with Crippen molar-refractivity contribution < 1.29 is 8.78 Å². The van der Waals surface area contributed by atoms with Crippen LogP contribution in [-0.2, 0) is 6.54 Å². The maximum absolute atomic E-state index is 13.3. The second kappa shape index (κ2) is 6.19. The summed E-state index contributed by atoms with van der Waals surface area (Å²) in [6.45, 7) is 8.90. The van der Waals surface area contributed by atoms with Gasteiger partial charge in [-0.1, -0.05) is 13.3 Å². The molecule has 1 saturated heterocycles. The van der Waals surface area contributed by atoms with Gasteiger partial charge < -0.3 is 5.32 Å². The average molecular weight is 282 g/mol. The lowest BCUT2D eigenvalue weighted by Crippen LogP contribution is -2.61. The number of benzene rings is 1. The third-order valence-electron chi connectivity index (χ3n) is 4.05. The predicted molar refractivity (Wildman–Crippen MR) is 77.5 cm³/mol. The normalized spacial score (nSPS) is 22.9. The van der Waals surface area contributed by atoms with Crippen LogP contribution in [-0.4, -0.2) is 29.6 Å². The summed E-state index contributed by atoms with van der Waals surface area (Å²) in [5.74, 6) is -1.00. The van der Waals surface area contributed by atoms with Crippen LogP contribution in [0.5, 0.6) is 0 Å². The summed E-state index contributed by atoms with van der Waals surface area (Å²) in [5, 5.41) is 3.56. The topological polar surface area (TPSA) is 15.3 Å². The van der Waals surface area contributed by atoms with E-state index in [-0.39, 0.29) is 5.54 Å². The van der Waals surface area contributed by atoms with Crippen LogP contribution < -0.4 is 5.32 Å². The van der Waals surface area contributed by atoms with E-state index in [1.54, 1.807) is 0 Å². The van der Waals surface area contributed by atoms with Crippen LogP contribution in [0.1, 0.15) is 39.2 Å². The summed E-state index contributed by atoms with van der Waals surface area (Å²) in [5.41, 5.74) is 0.695. The smallest absolute Gasteiger partial charge is 0.126 e. The van der Waals surface area contributed by atoms with Crippen LogP contribution >= 0.6 is 0 Å². The predicted octanol–water partition coefficient (Wildman–Crippen LogP) is 3.32. The second-order valence-corrected chi connectivity index (χ2v) is 6.34. The van der Waals surface area contributed by atoms with Crippen LogP contribution in [0.2, 0.25) is 0 Å². The molecule has 0 bridgehead atoms. The van der Waals surface area contributed by atoms with Crippen molar-refractivity contribution >= 4 is 0 Å². The van der Waals surface area contributed by atoms with E-state index in [2.05, 4.69) is 31.0 Å². The first-order valence-electron chi connectivity index (χ1n) is 7.34. The highest BCUT2D eigenvalue weighted by molar-refractivity contribution is 5.18. The quantitative estimate of drug-likeness (QED) is 0.911. The molecule has 0 aromatic heterocycles. The van der Waals surface area contributed by atoms with Crippen LogP contribution in [0.15, 0.2) is 18.2 Å². The van der Waals surface area contributed by atoms with E-state index in [1.807, 2.05) is 0 Å². The van der Waals surface area contributed by atoms with Crippen molar-refractivity contribution in [2.45, 2.75) is 51.7 Å². The second-order valence-electron chi connectivity index (χ2n) is 6.34. The Balaban J connectivity index is 2.11. The molecule has 1 atom stereocenters. The highest BCUT2D eigenvalue weighted by Crippen LogP contribution is 2.23. The number of nitrogens with zero attached hydrogens (tertiary/aromatic N) is 1. The molecular weight excluding hydrogens is 258 g/mol. The molecule has 2 nitrogen and oxygen atoms in total. The monoisotopic (exact) mass is 282 g/mol. The first-order valence-corrected chi connectivity index (χ1v) is 7.34.